The quantitative estimate of drug-likeness (QED) is 0.412. The number of rotatable bonds is 8. The summed E-state index contributed by atoms with van der Waals surface area (Å²) in [6, 6.07) is 9.88. The molecular formula is C28H38N4O4. The molecule has 0 atom stereocenters. The molecule has 1 aliphatic heterocycles. The van der Waals surface area contributed by atoms with Gasteiger partial charge >= 0.3 is 6.09 Å². The van der Waals surface area contributed by atoms with Gasteiger partial charge in [-0.1, -0.05) is 11.2 Å². The number of aryl methyl sites for hydroxylation is 1. The Kier molecular flexibility index (Phi) is 8.14. The van der Waals surface area contributed by atoms with Gasteiger partial charge in [-0.15, -0.1) is 0 Å². The molecule has 36 heavy (non-hydrogen) atoms. The van der Waals surface area contributed by atoms with Gasteiger partial charge in [0.2, 0.25) is 0 Å². The fourth-order valence-electron chi connectivity index (χ4n) is 4.58. The molecule has 1 aromatic carbocycles. The van der Waals surface area contributed by atoms with Gasteiger partial charge in [0, 0.05) is 31.2 Å². The Bertz CT molecular complexity index is 1150. The van der Waals surface area contributed by atoms with Crippen molar-refractivity contribution in [2.45, 2.75) is 65.2 Å². The Morgan fingerprint density at radius 3 is 2.61 bits per heavy atom. The predicted octanol–water partition coefficient (Wildman–Crippen LogP) is 5.44. The van der Waals surface area contributed by atoms with E-state index in [2.05, 4.69) is 21.1 Å². The van der Waals surface area contributed by atoms with Crippen LogP contribution in [0, 0.1) is 5.92 Å². The van der Waals surface area contributed by atoms with Crippen molar-refractivity contribution >= 4 is 17.1 Å². The third kappa shape index (κ3) is 6.75. The first-order valence-electron chi connectivity index (χ1n) is 12.7. The van der Waals surface area contributed by atoms with Gasteiger partial charge in [-0.05, 0) is 90.7 Å². The van der Waals surface area contributed by atoms with Gasteiger partial charge in [-0.3, -0.25) is 4.98 Å². The molecule has 0 radical (unpaired) electrons. The molecule has 2 aromatic heterocycles. The molecule has 8 nitrogen and oxygen atoms in total. The number of pyridine rings is 1. The van der Waals surface area contributed by atoms with Gasteiger partial charge in [0.1, 0.15) is 18.0 Å². The molecule has 0 unspecified atom stereocenters. The van der Waals surface area contributed by atoms with Gasteiger partial charge in [-0.25, -0.2) is 4.79 Å². The van der Waals surface area contributed by atoms with Crippen molar-refractivity contribution in [2.75, 3.05) is 27.2 Å². The van der Waals surface area contributed by atoms with E-state index >= 15 is 0 Å². The second-order valence-electron chi connectivity index (χ2n) is 10.8. The zero-order valence-electron chi connectivity index (χ0n) is 22.1. The average Bonchev–Trinajstić information content (AvgIpc) is 3.25. The molecule has 3 heterocycles. The van der Waals surface area contributed by atoms with Crippen LogP contribution in [0.3, 0.4) is 0 Å². The summed E-state index contributed by atoms with van der Waals surface area (Å²) in [4.78, 5) is 20.6. The van der Waals surface area contributed by atoms with Crippen LogP contribution in [0.15, 0.2) is 41.1 Å². The minimum atomic E-state index is -0.462. The molecule has 3 aromatic rings. The van der Waals surface area contributed by atoms with Crippen molar-refractivity contribution < 1.29 is 18.8 Å². The van der Waals surface area contributed by atoms with E-state index in [-0.39, 0.29) is 6.09 Å². The summed E-state index contributed by atoms with van der Waals surface area (Å²) in [5.41, 5.74) is 3.19. The van der Waals surface area contributed by atoms with Crippen molar-refractivity contribution in [3.05, 3.63) is 53.5 Å². The zero-order chi connectivity index (χ0) is 25.7. The Labute approximate surface area is 213 Å². The maximum absolute atomic E-state index is 12.3. The smallest absolute Gasteiger partial charge is 0.410 e. The van der Waals surface area contributed by atoms with E-state index in [1.54, 1.807) is 6.20 Å². The van der Waals surface area contributed by atoms with Gasteiger partial charge in [-0.2, -0.15) is 0 Å². The highest BCUT2D eigenvalue weighted by Gasteiger charge is 2.27. The number of amides is 1. The summed E-state index contributed by atoms with van der Waals surface area (Å²) in [7, 11) is 4.06. The highest BCUT2D eigenvalue weighted by Crippen LogP contribution is 2.33. The Morgan fingerprint density at radius 2 is 1.94 bits per heavy atom. The van der Waals surface area contributed by atoms with Crippen LogP contribution in [0.4, 0.5) is 4.79 Å². The van der Waals surface area contributed by atoms with Crippen molar-refractivity contribution in [3.63, 3.8) is 0 Å². The number of benzene rings is 1. The van der Waals surface area contributed by atoms with Gasteiger partial charge < -0.3 is 23.8 Å². The van der Waals surface area contributed by atoms with Crippen LogP contribution >= 0.6 is 0 Å². The normalized spacial score (nSPS) is 15.0. The molecule has 1 fully saturated rings. The Balaban J connectivity index is 1.39. The third-order valence-electron chi connectivity index (χ3n) is 6.41. The number of fused-ring (bicyclic) bond motifs is 1. The molecule has 1 aliphatic rings. The van der Waals surface area contributed by atoms with Crippen LogP contribution in [0.25, 0.3) is 11.0 Å². The van der Waals surface area contributed by atoms with Crippen LogP contribution in [-0.4, -0.2) is 58.8 Å². The number of hydrogen-bond acceptors (Lipinski definition) is 7. The number of aromatic nitrogens is 2. The highest BCUT2D eigenvalue weighted by molar-refractivity contribution is 5.84. The number of nitrogens with zero attached hydrogens (tertiary/aromatic N) is 4. The second-order valence-corrected chi connectivity index (χ2v) is 10.8. The number of likely N-dealkylation sites (tertiary alicyclic amines) is 1. The average molecular weight is 495 g/mol. The van der Waals surface area contributed by atoms with Crippen LogP contribution in [0.2, 0.25) is 0 Å². The molecule has 0 aliphatic carbocycles. The number of carbonyl (C=O) groups excluding carboxylic acids is 1. The molecule has 0 bridgehead atoms. The van der Waals surface area contributed by atoms with E-state index in [9.17, 15) is 4.79 Å². The molecule has 1 amide bonds. The largest absolute Gasteiger partial charge is 0.487 e. The lowest BCUT2D eigenvalue weighted by Crippen LogP contribution is -2.41. The van der Waals surface area contributed by atoms with Crippen LogP contribution in [0.1, 0.15) is 57.0 Å². The first-order chi connectivity index (χ1) is 17.2. The first-order valence-corrected chi connectivity index (χ1v) is 12.7. The highest BCUT2D eigenvalue weighted by atomic mass is 16.6. The van der Waals surface area contributed by atoms with Crippen molar-refractivity contribution in [2.24, 2.45) is 5.92 Å². The fraction of sp³-hybridized carbons (Fsp3) is 0.536. The van der Waals surface area contributed by atoms with Gasteiger partial charge in [0.25, 0.3) is 0 Å². The van der Waals surface area contributed by atoms with E-state index in [4.69, 9.17) is 14.0 Å². The lowest BCUT2D eigenvalue weighted by molar-refractivity contribution is 0.0181. The second kappa shape index (κ2) is 11.3. The minimum absolute atomic E-state index is 0.210. The Morgan fingerprint density at radius 1 is 1.17 bits per heavy atom. The molecule has 194 valence electrons. The summed E-state index contributed by atoms with van der Waals surface area (Å²) < 4.78 is 17.5. The predicted molar refractivity (Wildman–Crippen MR) is 139 cm³/mol. The van der Waals surface area contributed by atoms with Crippen LogP contribution in [-0.2, 0) is 24.3 Å². The van der Waals surface area contributed by atoms with Gasteiger partial charge in [0.15, 0.2) is 5.58 Å². The standard InChI is InChI=1S/C28H38N4O4/c1-28(2,3)35-27(33)32-16-13-20(14-17-32)9-11-24-22-10-12-25(34-19-21-8-6-7-15-29-21)23(18-31(4)5)26(22)36-30-24/h6-8,10,12,15,20H,9,11,13-14,16-19H2,1-5H3. The maximum atomic E-state index is 12.3. The number of hydrogen-bond donors (Lipinski definition) is 0. The summed E-state index contributed by atoms with van der Waals surface area (Å²) in [5, 5.41) is 5.49. The number of piperidine rings is 1. The molecule has 0 saturated carbocycles. The zero-order valence-corrected chi connectivity index (χ0v) is 22.1. The van der Waals surface area contributed by atoms with Crippen molar-refractivity contribution in [1.82, 2.24) is 19.9 Å². The van der Waals surface area contributed by atoms with E-state index in [0.29, 0.717) is 19.1 Å². The topological polar surface area (TPSA) is 80.9 Å². The van der Waals surface area contributed by atoms with Crippen molar-refractivity contribution in [1.29, 1.82) is 0 Å². The molecular weight excluding hydrogens is 456 g/mol. The van der Waals surface area contributed by atoms with Gasteiger partial charge in [0.05, 0.1) is 17.0 Å². The third-order valence-corrected chi connectivity index (χ3v) is 6.41. The fourth-order valence-corrected chi connectivity index (χ4v) is 4.58. The van der Waals surface area contributed by atoms with E-state index in [1.165, 1.54) is 0 Å². The summed E-state index contributed by atoms with van der Waals surface area (Å²) in [6.45, 7) is 8.27. The number of carbonyl (C=O) groups is 1. The molecule has 0 spiro atoms. The maximum Gasteiger partial charge on any atom is 0.410 e. The summed E-state index contributed by atoms with van der Waals surface area (Å²) in [5.74, 6) is 1.34. The number of ether oxygens (including phenoxy) is 2. The Hall–Kier alpha value is -3.13. The van der Waals surface area contributed by atoms with E-state index in [0.717, 1.165) is 72.4 Å². The van der Waals surface area contributed by atoms with E-state index < -0.39 is 5.60 Å². The monoisotopic (exact) mass is 494 g/mol. The molecule has 1 saturated heterocycles. The molecule has 4 rings (SSSR count). The van der Waals surface area contributed by atoms with E-state index in [1.807, 2.05) is 64.0 Å². The summed E-state index contributed by atoms with van der Waals surface area (Å²) >= 11 is 0. The van der Waals surface area contributed by atoms with Crippen molar-refractivity contribution in [3.8, 4) is 5.75 Å². The summed E-state index contributed by atoms with van der Waals surface area (Å²) in [6.07, 6.45) is 5.38. The first kappa shape index (κ1) is 25.9. The van der Waals surface area contributed by atoms with Crippen LogP contribution in [0.5, 0.6) is 5.75 Å². The minimum Gasteiger partial charge on any atom is -0.487 e. The van der Waals surface area contributed by atoms with Crippen LogP contribution < -0.4 is 4.74 Å². The molecule has 0 N–H and O–H groups in total. The molecule has 8 heteroatoms. The lowest BCUT2D eigenvalue weighted by Gasteiger charge is -2.33. The lowest BCUT2D eigenvalue weighted by atomic mass is 9.91. The SMILES string of the molecule is CN(C)Cc1c(OCc2ccccn2)ccc2c(CCC3CCN(C(=O)OC(C)(C)C)CC3)noc12.